The van der Waals surface area contributed by atoms with Gasteiger partial charge in [0.25, 0.3) is 0 Å². The number of aryl methyl sites for hydroxylation is 1. The fraction of sp³-hybridized carbons (Fsp3) is 0.650. The van der Waals surface area contributed by atoms with Gasteiger partial charge in [-0.15, -0.1) is 0 Å². The topological polar surface area (TPSA) is 74.8 Å². The van der Waals surface area contributed by atoms with Gasteiger partial charge in [-0.2, -0.15) is 0 Å². The second-order valence-electron chi connectivity index (χ2n) is 7.51. The molecule has 1 aromatic rings. The Kier molecular flexibility index (Phi) is 6.31. The Morgan fingerprint density at radius 1 is 1.30 bits per heavy atom. The van der Waals surface area contributed by atoms with Gasteiger partial charge in [-0.3, -0.25) is 9.78 Å². The highest BCUT2D eigenvalue weighted by molar-refractivity contribution is 5.78. The summed E-state index contributed by atoms with van der Waals surface area (Å²) in [5.41, 5.74) is 1.42. The average molecular weight is 374 g/mol. The molecular weight excluding hydrogens is 344 g/mol. The molecule has 3 amide bonds. The largest absolute Gasteiger partial charge is 0.372 e. The normalized spacial score (nSPS) is 19.9. The number of ether oxygens (including phenoxy) is 1. The van der Waals surface area contributed by atoms with Crippen molar-refractivity contribution in [1.29, 1.82) is 0 Å². The van der Waals surface area contributed by atoms with Crippen LogP contribution in [0.2, 0.25) is 0 Å². The summed E-state index contributed by atoms with van der Waals surface area (Å²) >= 11 is 0. The quantitative estimate of drug-likeness (QED) is 0.876. The van der Waals surface area contributed by atoms with E-state index in [2.05, 4.69) is 10.3 Å². The van der Waals surface area contributed by atoms with Crippen LogP contribution < -0.4 is 5.32 Å². The monoisotopic (exact) mass is 374 g/mol. The third kappa shape index (κ3) is 4.97. The Bertz CT molecular complexity index is 671. The molecule has 148 valence electrons. The number of amides is 3. The molecule has 1 aromatic heterocycles. The first-order chi connectivity index (χ1) is 13.0. The van der Waals surface area contributed by atoms with Gasteiger partial charge in [-0.05, 0) is 38.3 Å². The minimum atomic E-state index is -0.437. The molecule has 7 heteroatoms. The molecule has 2 fully saturated rings. The van der Waals surface area contributed by atoms with Gasteiger partial charge in [0.15, 0.2) is 0 Å². The number of hydrogen-bond donors (Lipinski definition) is 1. The molecule has 0 radical (unpaired) electrons. The Morgan fingerprint density at radius 2 is 2.07 bits per heavy atom. The van der Waals surface area contributed by atoms with Crippen LogP contribution in [0.15, 0.2) is 18.2 Å². The Morgan fingerprint density at radius 3 is 2.78 bits per heavy atom. The zero-order valence-corrected chi connectivity index (χ0v) is 16.4. The first kappa shape index (κ1) is 19.6. The smallest absolute Gasteiger partial charge is 0.317 e. The Labute approximate surface area is 161 Å². The molecule has 2 aliphatic heterocycles. The predicted octanol–water partition coefficient (Wildman–Crippen LogP) is 2.09. The summed E-state index contributed by atoms with van der Waals surface area (Å²) in [6, 6.07) is 5.86. The maximum atomic E-state index is 12.9. The zero-order chi connectivity index (χ0) is 19.3. The lowest BCUT2D eigenvalue weighted by atomic mass is 9.87. The van der Waals surface area contributed by atoms with E-state index in [-0.39, 0.29) is 11.9 Å². The second kappa shape index (κ2) is 8.69. The van der Waals surface area contributed by atoms with Crippen molar-refractivity contribution < 1.29 is 14.3 Å². The van der Waals surface area contributed by atoms with Gasteiger partial charge in [0.05, 0.1) is 30.9 Å². The molecule has 2 saturated heterocycles. The highest BCUT2D eigenvalue weighted by Gasteiger charge is 2.41. The first-order valence-electron chi connectivity index (χ1n) is 9.88. The van der Waals surface area contributed by atoms with Crippen molar-refractivity contribution in [3.05, 3.63) is 29.6 Å². The predicted molar refractivity (Wildman–Crippen MR) is 102 cm³/mol. The van der Waals surface area contributed by atoms with Crippen LogP contribution in [0.25, 0.3) is 0 Å². The third-order valence-corrected chi connectivity index (χ3v) is 5.38. The van der Waals surface area contributed by atoms with E-state index in [4.69, 9.17) is 4.74 Å². The number of nitrogens with zero attached hydrogens (tertiary/aromatic N) is 3. The lowest BCUT2D eigenvalue weighted by molar-refractivity contribution is -0.135. The van der Waals surface area contributed by atoms with Crippen molar-refractivity contribution in [2.24, 2.45) is 0 Å². The molecule has 3 heterocycles. The van der Waals surface area contributed by atoms with E-state index in [1.54, 1.807) is 0 Å². The number of hydrogen-bond acceptors (Lipinski definition) is 4. The molecule has 0 aliphatic carbocycles. The third-order valence-electron chi connectivity index (χ3n) is 5.38. The van der Waals surface area contributed by atoms with Crippen LogP contribution in [0.5, 0.6) is 0 Å². The number of aromatic nitrogens is 1. The molecule has 3 rings (SSSR count). The molecule has 1 N–H and O–H groups in total. The maximum absolute atomic E-state index is 12.9. The SMILES string of the molecule is CCCNC(=O)N1CCC2(CC1)CC(=O)N(Cc1cccc(C)n1)CCO2. The van der Waals surface area contributed by atoms with Crippen LogP contribution in [-0.4, -0.2) is 65.1 Å². The van der Waals surface area contributed by atoms with Gasteiger partial charge < -0.3 is 19.9 Å². The van der Waals surface area contributed by atoms with E-state index in [1.807, 2.05) is 41.8 Å². The highest BCUT2D eigenvalue weighted by atomic mass is 16.5. The number of carbonyl (C=O) groups is 2. The number of pyridine rings is 1. The molecule has 27 heavy (non-hydrogen) atoms. The number of likely N-dealkylation sites (tertiary alicyclic amines) is 1. The standard InChI is InChI=1S/C20H30N4O3/c1-3-9-21-19(26)23-10-7-20(8-11-23)14-18(25)24(12-13-27-20)15-17-6-4-5-16(2)22-17/h4-6H,3,7-15H2,1-2H3,(H,21,26). The van der Waals surface area contributed by atoms with Crippen LogP contribution in [0.4, 0.5) is 4.79 Å². The lowest BCUT2D eigenvalue weighted by Crippen LogP contribution is -2.51. The van der Waals surface area contributed by atoms with Gasteiger partial charge in [-0.1, -0.05) is 13.0 Å². The van der Waals surface area contributed by atoms with E-state index in [0.29, 0.717) is 58.6 Å². The molecule has 0 aromatic carbocycles. The number of rotatable bonds is 4. The van der Waals surface area contributed by atoms with Crippen LogP contribution in [0.3, 0.4) is 0 Å². The Hall–Kier alpha value is -2.15. The van der Waals surface area contributed by atoms with E-state index in [1.165, 1.54) is 0 Å². The summed E-state index contributed by atoms with van der Waals surface area (Å²) in [6.07, 6.45) is 2.71. The van der Waals surface area contributed by atoms with Crippen molar-refractivity contribution in [2.75, 3.05) is 32.8 Å². The summed E-state index contributed by atoms with van der Waals surface area (Å²) in [7, 11) is 0. The summed E-state index contributed by atoms with van der Waals surface area (Å²) in [5, 5.41) is 2.92. The average Bonchev–Trinajstić information content (AvgIpc) is 2.79. The van der Waals surface area contributed by atoms with Crippen LogP contribution in [0, 0.1) is 6.92 Å². The van der Waals surface area contributed by atoms with Gasteiger partial charge in [0.2, 0.25) is 5.91 Å². The van der Waals surface area contributed by atoms with Crippen LogP contribution in [0.1, 0.15) is 44.0 Å². The van der Waals surface area contributed by atoms with Gasteiger partial charge in [0, 0.05) is 31.9 Å². The van der Waals surface area contributed by atoms with Gasteiger partial charge >= 0.3 is 6.03 Å². The van der Waals surface area contributed by atoms with E-state index in [0.717, 1.165) is 17.8 Å². The Balaban J connectivity index is 1.57. The zero-order valence-electron chi connectivity index (χ0n) is 16.4. The maximum Gasteiger partial charge on any atom is 0.317 e. The minimum absolute atomic E-state index is 0.0150. The fourth-order valence-corrected chi connectivity index (χ4v) is 3.77. The first-order valence-corrected chi connectivity index (χ1v) is 9.88. The lowest BCUT2D eigenvalue weighted by Gasteiger charge is -2.40. The molecule has 7 nitrogen and oxygen atoms in total. The highest BCUT2D eigenvalue weighted by Crippen LogP contribution is 2.32. The molecule has 0 bridgehead atoms. The van der Waals surface area contributed by atoms with E-state index in [9.17, 15) is 9.59 Å². The number of nitrogens with one attached hydrogen (secondary N) is 1. The summed E-state index contributed by atoms with van der Waals surface area (Å²) in [6.45, 7) is 7.56. The van der Waals surface area contributed by atoms with Crippen molar-refractivity contribution in [2.45, 2.75) is 51.7 Å². The van der Waals surface area contributed by atoms with Gasteiger partial charge in [-0.25, -0.2) is 4.79 Å². The number of piperidine rings is 1. The fourth-order valence-electron chi connectivity index (χ4n) is 3.77. The van der Waals surface area contributed by atoms with Crippen LogP contribution in [-0.2, 0) is 16.1 Å². The van der Waals surface area contributed by atoms with Crippen molar-refractivity contribution in [1.82, 2.24) is 20.1 Å². The van der Waals surface area contributed by atoms with E-state index >= 15 is 0 Å². The van der Waals surface area contributed by atoms with E-state index < -0.39 is 5.60 Å². The summed E-state index contributed by atoms with van der Waals surface area (Å²) in [4.78, 5) is 33.2. The van der Waals surface area contributed by atoms with Crippen LogP contribution >= 0.6 is 0 Å². The molecule has 0 atom stereocenters. The molecule has 0 saturated carbocycles. The van der Waals surface area contributed by atoms with Gasteiger partial charge in [0.1, 0.15) is 0 Å². The number of carbonyl (C=O) groups excluding carboxylic acids is 2. The summed E-state index contributed by atoms with van der Waals surface area (Å²) < 4.78 is 6.16. The second-order valence-corrected chi connectivity index (χ2v) is 7.51. The van der Waals surface area contributed by atoms with Crippen molar-refractivity contribution in [3.63, 3.8) is 0 Å². The minimum Gasteiger partial charge on any atom is -0.372 e. The van der Waals surface area contributed by atoms with Crippen molar-refractivity contribution in [3.8, 4) is 0 Å². The molecule has 2 aliphatic rings. The molecular formula is C20H30N4O3. The summed E-state index contributed by atoms with van der Waals surface area (Å²) in [5.74, 6) is 0.111. The molecule has 1 spiro atoms. The number of urea groups is 1. The van der Waals surface area contributed by atoms with Crippen molar-refractivity contribution >= 4 is 11.9 Å². The molecule has 0 unspecified atom stereocenters.